The summed E-state index contributed by atoms with van der Waals surface area (Å²) >= 11 is 2.47. The van der Waals surface area contributed by atoms with E-state index in [-0.39, 0.29) is 0 Å². The molecule has 0 aromatic heterocycles. The summed E-state index contributed by atoms with van der Waals surface area (Å²) in [6.45, 7) is 0. The Morgan fingerprint density at radius 3 is 2.12 bits per heavy atom. The van der Waals surface area contributed by atoms with Gasteiger partial charge in [-0.15, -0.1) is 0 Å². The Labute approximate surface area is 54.4 Å². The Morgan fingerprint density at radius 1 is 1.75 bits per heavy atom. The minimum Gasteiger partial charge on any atom is -0.323 e. The average molecular weight is 200 g/mol. The lowest BCUT2D eigenvalue weighted by atomic mass is 10.9. The van der Waals surface area contributed by atoms with Crippen molar-refractivity contribution >= 4 is 23.5 Å². The van der Waals surface area contributed by atoms with Crippen LogP contribution in [0, 0.1) is 11.3 Å². The van der Waals surface area contributed by atoms with E-state index in [0.717, 1.165) is 0 Å². The first kappa shape index (κ1) is 8.12. The highest BCUT2D eigenvalue weighted by atomic mass is 79.9. The van der Waals surface area contributed by atoms with Crippen LogP contribution in [-0.2, 0) is 4.57 Å². The summed E-state index contributed by atoms with van der Waals surface area (Å²) in [5.74, 6) is 0. The molecular formula is C2H3BrNO3P. The van der Waals surface area contributed by atoms with Crippen LogP contribution in [0.3, 0.4) is 0 Å². The lowest BCUT2D eigenvalue weighted by Gasteiger charge is -1.99. The minimum atomic E-state index is -4.20. The van der Waals surface area contributed by atoms with Gasteiger partial charge in [0, 0.05) is 0 Å². The number of alkyl halides is 1. The van der Waals surface area contributed by atoms with Gasteiger partial charge in [-0.05, 0) is 0 Å². The molecule has 0 aliphatic carbocycles. The number of halogens is 1. The van der Waals surface area contributed by atoms with Crippen LogP contribution in [0.2, 0.25) is 0 Å². The second kappa shape index (κ2) is 2.60. The zero-order valence-electron chi connectivity index (χ0n) is 3.65. The van der Waals surface area contributed by atoms with Crippen LogP contribution < -0.4 is 0 Å². The quantitative estimate of drug-likeness (QED) is 0.474. The van der Waals surface area contributed by atoms with Crippen molar-refractivity contribution in [1.29, 1.82) is 5.26 Å². The number of hydrogen-bond acceptors (Lipinski definition) is 2. The molecule has 0 amide bonds. The van der Waals surface area contributed by atoms with E-state index in [4.69, 9.17) is 15.0 Å². The number of rotatable bonds is 1. The van der Waals surface area contributed by atoms with Gasteiger partial charge < -0.3 is 9.79 Å². The molecule has 0 aromatic rings. The highest BCUT2D eigenvalue weighted by molar-refractivity contribution is 9.10. The van der Waals surface area contributed by atoms with Crippen molar-refractivity contribution in [1.82, 2.24) is 0 Å². The molecule has 0 saturated heterocycles. The fourth-order valence-corrected chi connectivity index (χ4v) is 0.226. The van der Waals surface area contributed by atoms with Crippen molar-refractivity contribution < 1.29 is 14.4 Å². The van der Waals surface area contributed by atoms with Gasteiger partial charge in [0.2, 0.25) is 4.57 Å². The summed E-state index contributed by atoms with van der Waals surface area (Å²) in [6, 6.07) is 1.36. The van der Waals surface area contributed by atoms with Gasteiger partial charge in [-0.3, -0.25) is 4.57 Å². The Morgan fingerprint density at radius 2 is 2.12 bits per heavy atom. The summed E-state index contributed by atoms with van der Waals surface area (Å²) in [5, 5.41) is 7.88. The Hall–Kier alpha value is 0.120. The number of hydrogen-bond donors (Lipinski definition) is 2. The largest absolute Gasteiger partial charge is 0.353 e. The molecule has 1 atom stereocenters. The molecule has 0 radical (unpaired) electrons. The molecule has 0 heterocycles. The maximum Gasteiger partial charge on any atom is 0.353 e. The Kier molecular flexibility index (Phi) is 2.64. The first-order valence-electron chi connectivity index (χ1n) is 1.57. The van der Waals surface area contributed by atoms with Crippen molar-refractivity contribution in [3.8, 4) is 6.07 Å². The van der Waals surface area contributed by atoms with Gasteiger partial charge in [0.25, 0.3) is 0 Å². The third-order valence-electron chi connectivity index (χ3n) is 0.402. The van der Waals surface area contributed by atoms with Gasteiger partial charge >= 0.3 is 7.60 Å². The van der Waals surface area contributed by atoms with Crippen LogP contribution in [0.25, 0.3) is 0 Å². The van der Waals surface area contributed by atoms with E-state index in [1.807, 2.05) is 0 Å². The number of nitriles is 1. The summed E-state index contributed by atoms with van der Waals surface area (Å²) in [5.41, 5.74) is 0. The van der Waals surface area contributed by atoms with Gasteiger partial charge in [0.05, 0.1) is 6.07 Å². The van der Waals surface area contributed by atoms with Gasteiger partial charge in [-0.25, -0.2) is 0 Å². The molecule has 0 fully saturated rings. The topological polar surface area (TPSA) is 81.3 Å². The van der Waals surface area contributed by atoms with Crippen LogP contribution >= 0.6 is 23.5 Å². The summed E-state index contributed by atoms with van der Waals surface area (Å²) in [4.78, 5) is 16.3. The van der Waals surface area contributed by atoms with Gasteiger partial charge in [0.15, 0.2) is 0 Å². The van der Waals surface area contributed by atoms with Gasteiger partial charge in [-0.2, -0.15) is 5.26 Å². The maximum atomic E-state index is 9.99. The predicted molar refractivity (Wildman–Crippen MR) is 30.4 cm³/mol. The molecule has 0 aliphatic rings. The van der Waals surface area contributed by atoms with Crippen LogP contribution in [0.5, 0.6) is 0 Å². The zero-order valence-corrected chi connectivity index (χ0v) is 6.13. The molecule has 8 heavy (non-hydrogen) atoms. The standard InChI is InChI=1S/C2H3BrNO3P/c3-2(1-4)8(5,6)7/h2H,(H2,5,6,7). The highest BCUT2D eigenvalue weighted by Gasteiger charge is 2.24. The maximum absolute atomic E-state index is 9.99. The van der Waals surface area contributed by atoms with E-state index < -0.39 is 12.2 Å². The van der Waals surface area contributed by atoms with Crippen LogP contribution in [0.4, 0.5) is 0 Å². The third kappa shape index (κ3) is 2.43. The Balaban J connectivity index is 4.09. The second-order valence-corrected chi connectivity index (χ2v) is 4.37. The van der Waals surface area contributed by atoms with Crippen molar-refractivity contribution in [2.75, 3.05) is 0 Å². The third-order valence-corrected chi connectivity index (χ3v) is 2.91. The second-order valence-electron chi connectivity index (χ2n) is 1.05. The molecule has 0 saturated carbocycles. The fraction of sp³-hybridized carbons (Fsp3) is 0.500. The SMILES string of the molecule is N#CC(Br)P(=O)(O)O. The summed E-state index contributed by atoms with van der Waals surface area (Å²) in [7, 11) is -4.20. The number of nitrogens with zero attached hydrogens (tertiary/aromatic N) is 1. The van der Waals surface area contributed by atoms with E-state index in [9.17, 15) is 4.57 Å². The van der Waals surface area contributed by atoms with Crippen molar-refractivity contribution in [3.63, 3.8) is 0 Å². The molecule has 0 rings (SSSR count). The first-order chi connectivity index (χ1) is 3.48. The van der Waals surface area contributed by atoms with Gasteiger partial charge in [0.1, 0.15) is 0 Å². The van der Waals surface area contributed by atoms with Crippen LogP contribution in [-0.4, -0.2) is 14.4 Å². The molecule has 46 valence electrons. The van der Waals surface area contributed by atoms with Crippen LogP contribution in [0.1, 0.15) is 0 Å². The van der Waals surface area contributed by atoms with Crippen molar-refractivity contribution in [2.45, 2.75) is 4.57 Å². The average Bonchev–Trinajstić information content (AvgIpc) is 1.62. The van der Waals surface area contributed by atoms with E-state index in [1.165, 1.54) is 6.07 Å². The molecule has 0 aliphatic heterocycles. The van der Waals surface area contributed by atoms with E-state index in [1.54, 1.807) is 0 Å². The lowest BCUT2D eigenvalue weighted by Crippen LogP contribution is -1.92. The summed E-state index contributed by atoms with van der Waals surface area (Å²) in [6.07, 6.45) is 0. The smallest absolute Gasteiger partial charge is 0.323 e. The Bertz CT molecular complexity index is 157. The van der Waals surface area contributed by atoms with Crippen molar-refractivity contribution in [2.24, 2.45) is 0 Å². The molecule has 6 heteroatoms. The minimum absolute atomic E-state index is 1.36. The normalized spacial score (nSPS) is 14.8. The van der Waals surface area contributed by atoms with Crippen molar-refractivity contribution in [3.05, 3.63) is 0 Å². The van der Waals surface area contributed by atoms with E-state index in [0.29, 0.717) is 0 Å². The highest BCUT2D eigenvalue weighted by Crippen LogP contribution is 2.43. The summed E-state index contributed by atoms with van der Waals surface area (Å²) < 4.78 is 8.62. The molecule has 0 spiro atoms. The monoisotopic (exact) mass is 199 g/mol. The van der Waals surface area contributed by atoms with E-state index in [2.05, 4.69) is 15.9 Å². The molecule has 0 aromatic carbocycles. The molecule has 0 bridgehead atoms. The lowest BCUT2D eigenvalue weighted by molar-refractivity contribution is 0.375. The predicted octanol–water partition coefficient (Wildman–Crippen LogP) is 0.409. The van der Waals surface area contributed by atoms with E-state index >= 15 is 0 Å². The molecule has 4 nitrogen and oxygen atoms in total. The van der Waals surface area contributed by atoms with Gasteiger partial charge in [-0.1, -0.05) is 15.9 Å². The first-order valence-corrected chi connectivity index (χ1v) is 4.17. The molecule has 2 N–H and O–H groups in total. The molecular weight excluding hydrogens is 197 g/mol. The zero-order chi connectivity index (χ0) is 6.78. The van der Waals surface area contributed by atoms with Crippen LogP contribution in [0.15, 0.2) is 0 Å². The molecule has 1 unspecified atom stereocenters. The fourth-order valence-electron chi connectivity index (χ4n) is 0.0752.